The van der Waals surface area contributed by atoms with Crippen molar-refractivity contribution in [2.45, 2.75) is 17.4 Å². The molecule has 0 aromatic heterocycles. The number of anilines is 1. The van der Waals surface area contributed by atoms with Gasteiger partial charge in [0, 0.05) is 51.4 Å². The third-order valence-electron chi connectivity index (χ3n) is 6.13. The summed E-state index contributed by atoms with van der Waals surface area (Å²) in [6, 6.07) is 9.74. The zero-order valence-corrected chi connectivity index (χ0v) is 20.9. The van der Waals surface area contributed by atoms with Crippen LogP contribution in [0.3, 0.4) is 0 Å². The van der Waals surface area contributed by atoms with Gasteiger partial charge >= 0.3 is 5.97 Å². The fourth-order valence-corrected chi connectivity index (χ4v) is 5.34. The Balaban J connectivity index is 1.34. The molecule has 4 N–H and O–H groups in total. The van der Waals surface area contributed by atoms with E-state index in [-0.39, 0.29) is 10.5 Å². The van der Waals surface area contributed by atoms with Crippen LogP contribution in [0.4, 0.5) is 10.1 Å². The maximum atomic E-state index is 14.9. The molecular weight excluding hydrogens is 503 g/mol. The number of carboxylic acids is 1. The molecule has 13 heteroatoms. The average molecular weight is 533 g/mol. The van der Waals surface area contributed by atoms with E-state index in [4.69, 9.17) is 0 Å². The van der Waals surface area contributed by atoms with Gasteiger partial charge in [-0.15, -0.1) is 0 Å². The monoisotopic (exact) mass is 532 g/mol. The predicted octanol–water partition coefficient (Wildman–Crippen LogP) is 0.459. The second-order valence-electron chi connectivity index (χ2n) is 8.66. The standard InChI is InChI=1S/C24H29FN6O5S/c25-19-15-17(7-8-21(19)30-11-13-31(14-12-30)24-26-9-4-10-27-24)22(32)28-16-20(23(33)34)29-37(35,36)18-5-2-1-3-6-18/h1-3,5-8,15,20,29H,4,9-14,16H2,(H,26,27)(H,28,32)(H,33,34)/t20-/m0/s1. The minimum Gasteiger partial charge on any atom is -0.480 e. The summed E-state index contributed by atoms with van der Waals surface area (Å²) in [4.78, 5) is 32.6. The van der Waals surface area contributed by atoms with Crippen LogP contribution in [0.25, 0.3) is 0 Å². The number of aliphatic carboxylic acids is 1. The van der Waals surface area contributed by atoms with Gasteiger partial charge in [0.1, 0.15) is 11.9 Å². The van der Waals surface area contributed by atoms with Gasteiger partial charge in [-0.1, -0.05) is 18.2 Å². The number of halogens is 1. The van der Waals surface area contributed by atoms with Gasteiger partial charge in [0.2, 0.25) is 10.0 Å². The van der Waals surface area contributed by atoms with Gasteiger partial charge in [-0.3, -0.25) is 14.6 Å². The van der Waals surface area contributed by atoms with Crippen LogP contribution in [-0.4, -0.2) is 88.1 Å². The quantitative estimate of drug-likeness (QED) is 0.384. The fraction of sp³-hybridized carbons (Fsp3) is 0.375. The summed E-state index contributed by atoms with van der Waals surface area (Å²) in [6.07, 6.45) is 1.01. The molecule has 2 aromatic carbocycles. The maximum Gasteiger partial charge on any atom is 0.323 e. The molecule has 0 saturated carbocycles. The van der Waals surface area contributed by atoms with Crippen molar-refractivity contribution < 1.29 is 27.5 Å². The van der Waals surface area contributed by atoms with Gasteiger partial charge in [-0.25, -0.2) is 12.8 Å². The highest BCUT2D eigenvalue weighted by atomic mass is 32.2. The Bertz CT molecular complexity index is 1270. The summed E-state index contributed by atoms with van der Waals surface area (Å²) in [7, 11) is -4.12. The number of benzene rings is 2. The zero-order valence-electron chi connectivity index (χ0n) is 20.1. The second-order valence-corrected chi connectivity index (χ2v) is 10.4. The van der Waals surface area contributed by atoms with Crippen molar-refractivity contribution in [3.05, 3.63) is 59.9 Å². The highest BCUT2D eigenvalue weighted by molar-refractivity contribution is 7.89. The molecule has 1 amide bonds. The average Bonchev–Trinajstić information content (AvgIpc) is 2.91. The van der Waals surface area contributed by atoms with Gasteiger partial charge in [-0.05, 0) is 36.8 Å². The number of carbonyl (C=O) groups excluding carboxylic acids is 1. The third kappa shape index (κ3) is 6.54. The molecule has 0 unspecified atom stereocenters. The van der Waals surface area contributed by atoms with Crippen molar-refractivity contribution in [2.75, 3.05) is 50.7 Å². The van der Waals surface area contributed by atoms with Crippen LogP contribution in [0.1, 0.15) is 16.8 Å². The van der Waals surface area contributed by atoms with Crippen molar-refractivity contribution in [1.29, 1.82) is 0 Å². The van der Waals surface area contributed by atoms with E-state index in [1.165, 1.54) is 36.4 Å². The molecule has 0 aliphatic carbocycles. The Hall–Kier alpha value is -3.71. The molecule has 1 atom stereocenters. The van der Waals surface area contributed by atoms with E-state index in [1.807, 2.05) is 4.90 Å². The molecule has 198 valence electrons. The second kappa shape index (κ2) is 11.6. The lowest BCUT2D eigenvalue weighted by Gasteiger charge is -2.38. The Kier molecular flexibility index (Phi) is 8.24. The van der Waals surface area contributed by atoms with Crippen LogP contribution in [0.2, 0.25) is 0 Å². The van der Waals surface area contributed by atoms with E-state index in [1.54, 1.807) is 6.07 Å². The van der Waals surface area contributed by atoms with Crippen molar-refractivity contribution in [2.24, 2.45) is 4.99 Å². The number of carboxylic acid groups (broad SMARTS) is 1. The van der Waals surface area contributed by atoms with Crippen molar-refractivity contribution >= 4 is 33.5 Å². The number of guanidine groups is 1. The van der Waals surface area contributed by atoms with Crippen LogP contribution in [0.5, 0.6) is 0 Å². The number of sulfonamides is 1. The number of aliphatic imine (C=N–C) groups is 1. The first-order valence-electron chi connectivity index (χ1n) is 11.9. The van der Waals surface area contributed by atoms with Crippen molar-refractivity contribution in [3.63, 3.8) is 0 Å². The Morgan fingerprint density at radius 3 is 2.41 bits per heavy atom. The molecule has 2 aromatic rings. The summed E-state index contributed by atoms with van der Waals surface area (Å²) >= 11 is 0. The Morgan fingerprint density at radius 2 is 1.78 bits per heavy atom. The molecular formula is C24H29FN6O5S. The van der Waals surface area contributed by atoms with Crippen LogP contribution in [0.15, 0.2) is 58.4 Å². The number of carbonyl (C=O) groups is 2. The Labute approximate surface area is 214 Å². The first-order valence-corrected chi connectivity index (χ1v) is 13.4. The lowest BCUT2D eigenvalue weighted by atomic mass is 10.1. The molecule has 2 aliphatic rings. The highest BCUT2D eigenvalue weighted by Gasteiger charge is 2.27. The van der Waals surface area contributed by atoms with E-state index < -0.39 is 40.3 Å². The van der Waals surface area contributed by atoms with E-state index in [2.05, 4.69) is 25.2 Å². The summed E-state index contributed by atoms with van der Waals surface area (Å²) in [5.41, 5.74) is 0.365. The maximum absolute atomic E-state index is 14.9. The summed E-state index contributed by atoms with van der Waals surface area (Å²) in [5, 5.41) is 15.1. The van der Waals surface area contributed by atoms with Crippen LogP contribution >= 0.6 is 0 Å². The molecule has 2 heterocycles. The third-order valence-corrected chi connectivity index (χ3v) is 7.61. The molecule has 1 saturated heterocycles. The van der Waals surface area contributed by atoms with Crippen LogP contribution in [0, 0.1) is 5.82 Å². The van der Waals surface area contributed by atoms with E-state index in [0.29, 0.717) is 31.9 Å². The largest absolute Gasteiger partial charge is 0.480 e. The zero-order chi connectivity index (χ0) is 26.4. The van der Waals surface area contributed by atoms with Crippen molar-refractivity contribution in [1.82, 2.24) is 20.3 Å². The molecule has 0 radical (unpaired) electrons. The number of piperazine rings is 1. The molecule has 0 spiro atoms. The van der Waals surface area contributed by atoms with Gasteiger partial charge in [0.25, 0.3) is 5.91 Å². The first kappa shape index (κ1) is 26.4. The lowest BCUT2D eigenvalue weighted by molar-refractivity contribution is -0.138. The minimum absolute atomic E-state index is 0.00398. The number of hydrogen-bond donors (Lipinski definition) is 4. The van der Waals surface area contributed by atoms with Crippen LogP contribution < -0.4 is 20.3 Å². The molecule has 4 rings (SSSR count). The smallest absolute Gasteiger partial charge is 0.323 e. The molecule has 0 bridgehead atoms. The molecule has 37 heavy (non-hydrogen) atoms. The number of hydrogen-bond acceptors (Lipinski definition) is 8. The SMILES string of the molecule is O=C(NC[C@H](NS(=O)(=O)c1ccccc1)C(=O)O)c1ccc(N2CCN(C3=NCCCN3)CC2)c(F)c1. The number of nitrogens with one attached hydrogen (secondary N) is 3. The summed E-state index contributed by atoms with van der Waals surface area (Å²) in [5.74, 6) is -1.88. The van der Waals surface area contributed by atoms with Crippen LogP contribution in [-0.2, 0) is 14.8 Å². The number of rotatable bonds is 8. The highest BCUT2D eigenvalue weighted by Crippen LogP contribution is 2.22. The molecule has 11 nitrogen and oxygen atoms in total. The predicted molar refractivity (Wildman–Crippen MR) is 136 cm³/mol. The van der Waals surface area contributed by atoms with E-state index >= 15 is 0 Å². The molecule has 1 fully saturated rings. The van der Waals surface area contributed by atoms with Gasteiger partial charge < -0.3 is 25.5 Å². The van der Waals surface area contributed by atoms with Gasteiger partial charge in [0.05, 0.1) is 10.6 Å². The van der Waals surface area contributed by atoms with E-state index in [9.17, 15) is 27.5 Å². The van der Waals surface area contributed by atoms with Crippen molar-refractivity contribution in [3.8, 4) is 0 Å². The van der Waals surface area contributed by atoms with Gasteiger partial charge in [-0.2, -0.15) is 4.72 Å². The molecule has 2 aliphatic heterocycles. The number of amides is 1. The summed E-state index contributed by atoms with van der Waals surface area (Å²) in [6.45, 7) is 3.71. The van der Waals surface area contributed by atoms with Gasteiger partial charge in [0.15, 0.2) is 5.96 Å². The lowest BCUT2D eigenvalue weighted by Crippen LogP contribution is -2.53. The number of nitrogens with zero attached hydrogens (tertiary/aromatic N) is 3. The minimum atomic E-state index is -4.12. The normalized spacial score (nSPS) is 16.9. The van der Waals surface area contributed by atoms with E-state index in [0.717, 1.165) is 31.5 Å². The fourth-order valence-electron chi connectivity index (χ4n) is 4.13. The topological polar surface area (TPSA) is 143 Å². The Morgan fingerprint density at radius 1 is 1.08 bits per heavy atom. The first-order chi connectivity index (χ1) is 17.7. The summed E-state index contributed by atoms with van der Waals surface area (Å²) < 4.78 is 41.9.